The van der Waals surface area contributed by atoms with Crippen molar-refractivity contribution in [3.8, 4) is 0 Å². The molecule has 0 aromatic carbocycles. The number of carboxylic acids is 1. The largest absolute Gasteiger partial charge is 0.481 e. The molecule has 0 aliphatic carbocycles. The minimum Gasteiger partial charge on any atom is -0.481 e. The van der Waals surface area contributed by atoms with E-state index in [1.807, 2.05) is 0 Å². The van der Waals surface area contributed by atoms with Gasteiger partial charge in [0.05, 0.1) is 6.61 Å². The Hall–Kier alpha value is -3.54. The Bertz CT molecular complexity index is 639. The van der Waals surface area contributed by atoms with Crippen molar-refractivity contribution in [2.45, 2.75) is 38.5 Å². The SMILES string of the molecule is C=CC(=O)OCCO.C=CC(=O)OCCOC(=O)CCCC(=O)O.O=C1CCCC(=O)O1. The van der Waals surface area contributed by atoms with Crippen molar-refractivity contribution >= 4 is 35.8 Å². The highest BCUT2D eigenvalue weighted by atomic mass is 16.6. The molecule has 1 aliphatic heterocycles. The van der Waals surface area contributed by atoms with Crippen molar-refractivity contribution in [3.63, 3.8) is 0 Å². The van der Waals surface area contributed by atoms with Gasteiger partial charge in [-0.1, -0.05) is 13.2 Å². The summed E-state index contributed by atoms with van der Waals surface area (Å²) in [5.41, 5.74) is 0. The van der Waals surface area contributed by atoms with E-state index in [1.54, 1.807) is 0 Å². The van der Waals surface area contributed by atoms with Crippen LogP contribution in [0, 0.1) is 0 Å². The average Bonchev–Trinajstić information content (AvgIpc) is 2.75. The molecule has 0 spiro atoms. The smallest absolute Gasteiger partial charge is 0.330 e. The van der Waals surface area contributed by atoms with Gasteiger partial charge in [-0.15, -0.1) is 0 Å². The number of carbonyl (C=O) groups excluding carboxylic acids is 5. The zero-order valence-corrected chi connectivity index (χ0v) is 17.6. The van der Waals surface area contributed by atoms with Crippen molar-refractivity contribution in [1.29, 1.82) is 0 Å². The summed E-state index contributed by atoms with van der Waals surface area (Å²) in [7, 11) is 0. The maximum absolute atomic E-state index is 11.0. The van der Waals surface area contributed by atoms with Crippen LogP contribution in [0.5, 0.6) is 0 Å². The van der Waals surface area contributed by atoms with Gasteiger partial charge in [0.15, 0.2) is 0 Å². The van der Waals surface area contributed by atoms with E-state index in [0.717, 1.165) is 12.2 Å². The first-order valence-electron chi connectivity index (χ1n) is 9.46. The third-order valence-corrected chi connectivity index (χ3v) is 3.02. The van der Waals surface area contributed by atoms with Crippen LogP contribution < -0.4 is 0 Å². The molecule has 1 aliphatic rings. The predicted octanol–water partition coefficient (Wildman–Crippen LogP) is 0.462. The van der Waals surface area contributed by atoms with Crippen LogP contribution in [-0.4, -0.2) is 72.5 Å². The maximum Gasteiger partial charge on any atom is 0.330 e. The molecule has 180 valence electrons. The Balaban J connectivity index is 0. The lowest BCUT2D eigenvalue weighted by Crippen LogP contribution is -2.17. The predicted molar refractivity (Wildman–Crippen MR) is 107 cm³/mol. The summed E-state index contributed by atoms with van der Waals surface area (Å²) in [4.78, 5) is 62.2. The molecule has 12 nitrogen and oxygen atoms in total. The molecule has 0 radical (unpaired) electrons. The van der Waals surface area contributed by atoms with E-state index >= 15 is 0 Å². The molecule has 12 heteroatoms. The number of rotatable bonds is 11. The molecule has 1 fully saturated rings. The molecule has 1 rings (SSSR count). The molecule has 0 saturated carbocycles. The fraction of sp³-hybridized carbons (Fsp3) is 0.500. The molecule has 0 aromatic rings. The first kappa shape index (κ1) is 30.7. The van der Waals surface area contributed by atoms with E-state index in [-0.39, 0.29) is 57.6 Å². The molecule has 0 amide bonds. The van der Waals surface area contributed by atoms with Crippen molar-refractivity contribution in [2.24, 2.45) is 0 Å². The standard InChI is InChI=1S/C10H14O6.C5H6O3.C5H8O3/c1-2-9(13)15-6-7-16-10(14)5-3-4-8(11)12;6-4-2-1-3-5(7)8-4;1-2-5(7)8-4-3-6/h2H,1,3-7H2,(H,11,12);1-3H2;2,6H,1,3-4H2. The molecule has 0 unspecified atom stereocenters. The molecule has 1 saturated heterocycles. The Morgan fingerprint density at radius 3 is 1.78 bits per heavy atom. The van der Waals surface area contributed by atoms with Gasteiger partial charge in [0.1, 0.15) is 19.8 Å². The number of esters is 5. The lowest BCUT2D eigenvalue weighted by atomic mass is 10.2. The van der Waals surface area contributed by atoms with Crippen molar-refractivity contribution in [3.05, 3.63) is 25.3 Å². The summed E-state index contributed by atoms with van der Waals surface area (Å²) in [6, 6.07) is 0. The van der Waals surface area contributed by atoms with E-state index in [2.05, 4.69) is 32.1 Å². The molecule has 0 atom stereocenters. The minimum atomic E-state index is -0.951. The first-order chi connectivity index (χ1) is 15.2. The van der Waals surface area contributed by atoms with Gasteiger partial charge in [-0.05, 0) is 12.8 Å². The second kappa shape index (κ2) is 20.7. The van der Waals surface area contributed by atoms with E-state index in [0.29, 0.717) is 19.3 Å². The van der Waals surface area contributed by atoms with Gasteiger partial charge in [-0.3, -0.25) is 19.2 Å². The number of carboxylic acid groups (broad SMARTS) is 1. The molecular formula is C20H28O12. The van der Waals surface area contributed by atoms with Crippen LogP contribution in [0.25, 0.3) is 0 Å². The number of aliphatic carboxylic acids is 1. The van der Waals surface area contributed by atoms with Crippen LogP contribution in [0.4, 0.5) is 0 Å². The van der Waals surface area contributed by atoms with Crippen LogP contribution in [0.3, 0.4) is 0 Å². The normalized spacial score (nSPS) is 11.8. The summed E-state index contributed by atoms with van der Waals surface area (Å²) in [5, 5.41) is 16.4. The third kappa shape index (κ3) is 22.7. The number of hydrogen-bond donors (Lipinski definition) is 2. The first-order valence-corrected chi connectivity index (χ1v) is 9.46. The van der Waals surface area contributed by atoms with Gasteiger partial charge in [0.2, 0.25) is 0 Å². The lowest BCUT2D eigenvalue weighted by Gasteiger charge is -2.06. The second-order valence-electron chi connectivity index (χ2n) is 5.63. The van der Waals surface area contributed by atoms with Crippen LogP contribution in [-0.2, 0) is 47.7 Å². The van der Waals surface area contributed by atoms with Crippen LogP contribution in [0.1, 0.15) is 38.5 Å². The molecule has 2 N–H and O–H groups in total. The number of carbonyl (C=O) groups is 6. The maximum atomic E-state index is 11.0. The van der Waals surface area contributed by atoms with E-state index in [9.17, 15) is 28.8 Å². The van der Waals surface area contributed by atoms with Crippen molar-refractivity contribution < 1.29 is 57.9 Å². The van der Waals surface area contributed by atoms with Crippen LogP contribution in [0.15, 0.2) is 25.3 Å². The van der Waals surface area contributed by atoms with Gasteiger partial charge in [0.25, 0.3) is 0 Å². The number of cyclic esters (lactones) is 2. The summed E-state index contributed by atoms with van der Waals surface area (Å²) < 4.78 is 17.8. The molecule has 1 heterocycles. The number of hydrogen-bond acceptors (Lipinski definition) is 11. The number of aliphatic hydroxyl groups excluding tert-OH is 1. The Morgan fingerprint density at radius 2 is 1.38 bits per heavy atom. The highest BCUT2D eigenvalue weighted by molar-refractivity contribution is 5.87. The third-order valence-electron chi connectivity index (χ3n) is 3.02. The molecular weight excluding hydrogens is 432 g/mol. The van der Waals surface area contributed by atoms with Crippen LogP contribution >= 0.6 is 0 Å². The minimum absolute atomic E-state index is 0.0322. The van der Waals surface area contributed by atoms with Crippen LogP contribution in [0.2, 0.25) is 0 Å². The molecule has 32 heavy (non-hydrogen) atoms. The zero-order chi connectivity index (χ0) is 24.8. The van der Waals surface area contributed by atoms with Gasteiger partial charge in [-0.2, -0.15) is 0 Å². The monoisotopic (exact) mass is 460 g/mol. The summed E-state index contributed by atoms with van der Waals surface area (Å²) in [6.45, 7) is 6.19. The van der Waals surface area contributed by atoms with Crippen molar-refractivity contribution in [1.82, 2.24) is 0 Å². The molecule has 0 bridgehead atoms. The van der Waals surface area contributed by atoms with Gasteiger partial charge in [0, 0.05) is 37.8 Å². The Morgan fingerprint density at radius 1 is 0.875 bits per heavy atom. The average molecular weight is 460 g/mol. The van der Waals surface area contributed by atoms with Gasteiger partial charge < -0.3 is 29.2 Å². The van der Waals surface area contributed by atoms with Gasteiger partial charge >= 0.3 is 35.8 Å². The second-order valence-corrected chi connectivity index (χ2v) is 5.63. The molecule has 0 aromatic heterocycles. The summed E-state index contributed by atoms with van der Waals surface area (Å²) >= 11 is 0. The number of ether oxygens (including phenoxy) is 4. The zero-order valence-electron chi connectivity index (χ0n) is 17.6. The van der Waals surface area contributed by atoms with Gasteiger partial charge in [-0.25, -0.2) is 9.59 Å². The van der Waals surface area contributed by atoms with E-state index in [1.165, 1.54) is 0 Å². The number of aliphatic hydroxyl groups is 1. The Kier molecular flexibility index (Phi) is 19.8. The van der Waals surface area contributed by atoms with E-state index in [4.69, 9.17) is 10.2 Å². The van der Waals surface area contributed by atoms with Crippen molar-refractivity contribution in [2.75, 3.05) is 26.4 Å². The fourth-order valence-corrected chi connectivity index (χ4v) is 1.62. The topological polar surface area (TPSA) is 180 Å². The Labute approximate surface area is 184 Å². The summed E-state index contributed by atoms with van der Waals surface area (Å²) in [5.74, 6) is -3.31. The highest BCUT2D eigenvalue weighted by Gasteiger charge is 2.16. The summed E-state index contributed by atoms with van der Waals surface area (Å²) in [6.07, 6.45) is 3.71. The lowest BCUT2D eigenvalue weighted by molar-refractivity contribution is -0.163. The van der Waals surface area contributed by atoms with E-state index < -0.39 is 23.9 Å². The quantitative estimate of drug-likeness (QED) is 0.143. The fourth-order valence-electron chi connectivity index (χ4n) is 1.62. The highest BCUT2D eigenvalue weighted by Crippen LogP contribution is 2.06.